The topological polar surface area (TPSA) is 64.1 Å². The van der Waals surface area contributed by atoms with Crippen molar-refractivity contribution in [2.24, 2.45) is 0 Å². The van der Waals surface area contributed by atoms with Gasteiger partial charge in [0, 0.05) is 44.5 Å². The van der Waals surface area contributed by atoms with Crippen LogP contribution in [0.5, 0.6) is 17.2 Å². The maximum atomic E-state index is 12.9. The Bertz CT molecular complexity index is 1110. The lowest BCUT2D eigenvalue weighted by Gasteiger charge is -2.27. The largest absolute Gasteiger partial charge is 0.493 e. The number of amides is 1. The number of hydrogen-bond acceptors (Lipinski definition) is 6. The minimum atomic E-state index is 0.125. The van der Waals surface area contributed by atoms with E-state index in [1.165, 1.54) is 0 Å². The van der Waals surface area contributed by atoms with Crippen LogP contribution in [0, 0.1) is 0 Å². The van der Waals surface area contributed by atoms with Gasteiger partial charge in [0.2, 0.25) is 5.91 Å². The number of likely N-dealkylation sites (N-methyl/N-ethyl adjacent to an activating group) is 1. The fourth-order valence-electron chi connectivity index (χ4n) is 4.17. The number of ether oxygens (including phenoxy) is 3. The van der Waals surface area contributed by atoms with Crippen LogP contribution in [0.2, 0.25) is 0 Å². The third kappa shape index (κ3) is 6.73. The summed E-state index contributed by atoms with van der Waals surface area (Å²) in [4.78, 5) is 21.5. The molecule has 0 radical (unpaired) electrons. The zero-order chi connectivity index (χ0) is 24.5. The Labute approximate surface area is 207 Å². The first-order chi connectivity index (χ1) is 17.2. The standard InChI is InChI=1S/C28H33N3O4/c1-3-31-15-14-30(16-17-34-25-10-5-4-8-23(25)19-28(31)32)20-22-11-12-26(33-2)27(18-22)35-21-24-9-6-7-13-29-24/h4-13,18H,3,14-17,19-21H2,1-2H3. The Morgan fingerprint density at radius 3 is 2.66 bits per heavy atom. The molecule has 0 spiro atoms. The number of hydrogen-bond donors (Lipinski definition) is 0. The summed E-state index contributed by atoms with van der Waals surface area (Å²) in [5.74, 6) is 2.28. The van der Waals surface area contributed by atoms with Gasteiger partial charge in [0.05, 0.1) is 19.2 Å². The van der Waals surface area contributed by atoms with Crippen LogP contribution in [0.4, 0.5) is 0 Å². The van der Waals surface area contributed by atoms with Crippen LogP contribution >= 0.6 is 0 Å². The lowest BCUT2D eigenvalue weighted by Crippen LogP contribution is -2.39. The van der Waals surface area contributed by atoms with Gasteiger partial charge in [-0.3, -0.25) is 14.7 Å². The SMILES string of the molecule is CCN1CCN(Cc2ccc(OC)c(OCc3ccccn3)c2)CCOc2ccccc2CC1=O. The van der Waals surface area contributed by atoms with Crippen LogP contribution in [0.1, 0.15) is 23.7 Å². The number of pyridine rings is 1. The Morgan fingerprint density at radius 1 is 1.00 bits per heavy atom. The van der Waals surface area contributed by atoms with Crippen molar-refractivity contribution in [1.82, 2.24) is 14.8 Å². The van der Waals surface area contributed by atoms with E-state index >= 15 is 0 Å². The lowest BCUT2D eigenvalue weighted by molar-refractivity contribution is -0.130. The van der Waals surface area contributed by atoms with E-state index in [9.17, 15) is 4.79 Å². The van der Waals surface area contributed by atoms with E-state index in [-0.39, 0.29) is 5.91 Å². The third-order valence-electron chi connectivity index (χ3n) is 6.14. The van der Waals surface area contributed by atoms with E-state index in [1.54, 1.807) is 13.3 Å². The number of benzene rings is 2. The summed E-state index contributed by atoms with van der Waals surface area (Å²) in [6.45, 7) is 6.52. The number of carbonyl (C=O) groups is 1. The molecule has 0 N–H and O–H groups in total. The number of carbonyl (C=O) groups excluding carboxylic acids is 1. The molecule has 0 saturated carbocycles. The van der Waals surface area contributed by atoms with Gasteiger partial charge in [-0.2, -0.15) is 0 Å². The highest BCUT2D eigenvalue weighted by atomic mass is 16.5. The fourth-order valence-corrected chi connectivity index (χ4v) is 4.17. The number of para-hydroxylation sites is 1. The van der Waals surface area contributed by atoms with Crippen LogP contribution in [0.3, 0.4) is 0 Å². The van der Waals surface area contributed by atoms with Gasteiger partial charge >= 0.3 is 0 Å². The van der Waals surface area contributed by atoms with E-state index in [2.05, 4.69) is 16.0 Å². The smallest absolute Gasteiger partial charge is 0.227 e. The summed E-state index contributed by atoms with van der Waals surface area (Å²) >= 11 is 0. The van der Waals surface area contributed by atoms with Crippen molar-refractivity contribution in [2.45, 2.75) is 26.5 Å². The average Bonchev–Trinajstić information content (AvgIpc) is 2.91. The minimum Gasteiger partial charge on any atom is -0.493 e. The Hall–Kier alpha value is -3.58. The molecule has 1 aromatic heterocycles. The molecule has 2 aromatic carbocycles. The second kappa shape index (κ2) is 12.2. The van der Waals surface area contributed by atoms with Crippen LogP contribution in [-0.4, -0.2) is 60.6 Å². The van der Waals surface area contributed by atoms with Crippen LogP contribution in [0.25, 0.3) is 0 Å². The van der Waals surface area contributed by atoms with Gasteiger partial charge in [-0.25, -0.2) is 0 Å². The van der Waals surface area contributed by atoms with E-state index in [0.29, 0.717) is 50.8 Å². The maximum absolute atomic E-state index is 12.9. The summed E-state index contributed by atoms with van der Waals surface area (Å²) in [5, 5.41) is 0. The molecule has 184 valence electrons. The zero-order valence-electron chi connectivity index (χ0n) is 20.5. The second-order valence-corrected chi connectivity index (χ2v) is 8.48. The predicted molar refractivity (Wildman–Crippen MR) is 135 cm³/mol. The highest BCUT2D eigenvalue weighted by molar-refractivity contribution is 5.79. The first-order valence-corrected chi connectivity index (χ1v) is 12.1. The maximum Gasteiger partial charge on any atom is 0.227 e. The van der Waals surface area contributed by atoms with Crippen LogP contribution in [-0.2, 0) is 24.4 Å². The molecule has 2 heterocycles. The molecular formula is C28H33N3O4. The van der Waals surface area contributed by atoms with Crippen molar-refractivity contribution >= 4 is 5.91 Å². The van der Waals surface area contributed by atoms with E-state index < -0.39 is 0 Å². The number of methoxy groups -OCH3 is 1. The molecule has 0 atom stereocenters. The normalized spacial score (nSPS) is 15.0. The van der Waals surface area contributed by atoms with Crippen molar-refractivity contribution in [2.75, 3.05) is 39.9 Å². The summed E-state index contributed by atoms with van der Waals surface area (Å²) in [6, 6.07) is 19.6. The summed E-state index contributed by atoms with van der Waals surface area (Å²) < 4.78 is 17.6. The predicted octanol–water partition coefficient (Wildman–Crippen LogP) is 3.95. The number of nitrogens with zero attached hydrogens (tertiary/aromatic N) is 3. The van der Waals surface area contributed by atoms with Gasteiger partial charge in [-0.15, -0.1) is 0 Å². The van der Waals surface area contributed by atoms with Crippen molar-refractivity contribution in [3.8, 4) is 17.2 Å². The molecule has 7 heteroatoms. The minimum absolute atomic E-state index is 0.125. The molecule has 0 saturated heterocycles. The Morgan fingerprint density at radius 2 is 1.86 bits per heavy atom. The molecule has 1 aliphatic rings. The quantitative estimate of drug-likeness (QED) is 0.516. The zero-order valence-corrected chi connectivity index (χ0v) is 20.5. The van der Waals surface area contributed by atoms with Crippen molar-refractivity contribution in [3.05, 3.63) is 83.7 Å². The third-order valence-corrected chi connectivity index (χ3v) is 6.14. The number of rotatable bonds is 7. The molecule has 0 unspecified atom stereocenters. The van der Waals surface area contributed by atoms with E-state index in [4.69, 9.17) is 14.2 Å². The van der Waals surface area contributed by atoms with Gasteiger partial charge in [-0.1, -0.05) is 30.3 Å². The number of fused-ring (bicyclic) bond motifs is 1. The van der Waals surface area contributed by atoms with Crippen molar-refractivity contribution in [1.29, 1.82) is 0 Å². The molecule has 0 aliphatic carbocycles. The molecule has 35 heavy (non-hydrogen) atoms. The molecule has 1 amide bonds. The highest BCUT2D eigenvalue weighted by Gasteiger charge is 2.19. The molecule has 1 aliphatic heterocycles. The fraction of sp³-hybridized carbons (Fsp3) is 0.357. The van der Waals surface area contributed by atoms with Gasteiger partial charge in [0.15, 0.2) is 11.5 Å². The Kier molecular flexibility index (Phi) is 8.57. The molecule has 3 aromatic rings. The van der Waals surface area contributed by atoms with Gasteiger partial charge in [-0.05, 0) is 42.8 Å². The van der Waals surface area contributed by atoms with Crippen LogP contribution in [0.15, 0.2) is 66.9 Å². The van der Waals surface area contributed by atoms with Gasteiger partial charge < -0.3 is 19.1 Å². The first kappa shape index (κ1) is 24.5. The summed E-state index contributed by atoms with van der Waals surface area (Å²) in [5.41, 5.74) is 2.90. The van der Waals surface area contributed by atoms with E-state index in [0.717, 1.165) is 35.7 Å². The van der Waals surface area contributed by atoms with Gasteiger partial charge in [0.25, 0.3) is 0 Å². The summed E-state index contributed by atoms with van der Waals surface area (Å²) in [6.07, 6.45) is 2.12. The molecule has 0 bridgehead atoms. The Balaban J connectivity index is 1.48. The number of aromatic nitrogens is 1. The first-order valence-electron chi connectivity index (χ1n) is 12.1. The van der Waals surface area contributed by atoms with Crippen molar-refractivity contribution in [3.63, 3.8) is 0 Å². The molecule has 0 fully saturated rings. The van der Waals surface area contributed by atoms with E-state index in [1.807, 2.05) is 66.4 Å². The molecule has 7 nitrogen and oxygen atoms in total. The van der Waals surface area contributed by atoms with Crippen LogP contribution < -0.4 is 14.2 Å². The second-order valence-electron chi connectivity index (χ2n) is 8.48. The molecule has 4 rings (SSSR count). The van der Waals surface area contributed by atoms with Crippen molar-refractivity contribution < 1.29 is 19.0 Å². The lowest BCUT2D eigenvalue weighted by atomic mass is 10.1. The monoisotopic (exact) mass is 475 g/mol. The average molecular weight is 476 g/mol. The van der Waals surface area contributed by atoms with Gasteiger partial charge in [0.1, 0.15) is 19.0 Å². The summed E-state index contributed by atoms with van der Waals surface area (Å²) in [7, 11) is 1.64. The molecular weight excluding hydrogens is 442 g/mol. The highest BCUT2D eigenvalue weighted by Crippen LogP contribution is 2.29.